The summed E-state index contributed by atoms with van der Waals surface area (Å²) in [5.41, 5.74) is -1.01. The summed E-state index contributed by atoms with van der Waals surface area (Å²) in [4.78, 5) is 29.6. The van der Waals surface area contributed by atoms with Gasteiger partial charge in [-0.3, -0.25) is 14.6 Å². The van der Waals surface area contributed by atoms with Crippen molar-refractivity contribution in [3.8, 4) is 6.01 Å². The van der Waals surface area contributed by atoms with Gasteiger partial charge in [0.15, 0.2) is 0 Å². The Morgan fingerprint density at radius 2 is 1.92 bits per heavy atom. The third kappa shape index (κ3) is 4.12. The average Bonchev–Trinajstić information content (AvgIpc) is 2.53. The van der Waals surface area contributed by atoms with Crippen molar-refractivity contribution in [1.82, 2.24) is 15.3 Å². The van der Waals surface area contributed by atoms with Gasteiger partial charge in [0.2, 0.25) is 0 Å². The number of benzene rings is 1. The zero-order valence-corrected chi connectivity index (χ0v) is 12.8. The molecular formula is C15H14F3N3O3. The lowest BCUT2D eigenvalue weighted by molar-refractivity contribution is -0.137. The minimum absolute atomic E-state index is 0.116. The number of nitrogens with zero attached hydrogens (tertiary/aromatic N) is 1. The third-order valence-electron chi connectivity index (χ3n) is 3.23. The van der Waals surface area contributed by atoms with E-state index in [4.69, 9.17) is 4.74 Å². The summed E-state index contributed by atoms with van der Waals surface area (Å²) < 4.78 is 42.4. The number of amides is 1. The number of halogens is 3. The number of hydrogen-bond acceptors (Lipinski definition) is 4. The molecule has 0 unspecified atom stereocenters. The molecule has 128 valence electrons. The van der Waals surface area contributed by atoms with E-state index in [0.29, 0.717) is 5.56 Å². The molecule has 0 saturated heterocycles. The fourth-order valence-corrected chi connectivity index (χ4v) is 1.96. The zero-order valence-electron chi connectivity index (χ0n) is 12.8. The van der Waals surface area contributed by atoms with Crippen molar-refractivity contribution < 1.29 is 22.7 Å². The number of ether oxygens (including phenoxy) is 1. The van der Waals surface area contributed by atoms with Gasteiger partial charge in [0.05, 0.1) is 18.7 Å². The van der Waals surface area contributed by atoms with Crippen LogP contribution in [-0.4, -0.2) is 23.0 Å². The smallest absolute Gasteiger partial charge is 0.416 e. The van der Waals surface area contributed by atoms with Crippen LogP contribution in [0.3, 0.4) is 0 Å². The second-order valence-electron chi connectivity index (χ2n) is 4.95. The van der Waals surface area contributed by atoms with Crippen LogP contribution in [0.25, 0.3) is 0 Å². The minimum Gasteiger partial charge on any atom is -0.468 e. The lowest BCUT2D eigenvalue weighted by Gasteiger charge is -2.15. The molecule has 0 aliphatic rings. The number of rotatable bonds is 4. The first kappa shape index (κ1) is 17.5. The van der Waals surface area contributed by atoms with Gasteiger partial charge < -0.3 is 10.1 Å². The molecule has 1 amide bonds. The molecule has 2 rings (SSSR count). The molecule has 0 saturated carbocycles. The summed E-state index contributed by atoms with van der Waals surface area (Å²) in [5.74, 6) is -0.646. The van der Waals surface area contributed by atoms with Crippen molar-refractivity contribution in [3.63, 3.8) is 0 Å². The molecule has 0 spiro atoms. The molecule has 1 aromatic heterocycles. The van der Waals surface area contributed by atoms with E-state index in [1.54, 1.807) is 6.92 Å². The lowest BCUT2D eigenvalue weighted by Crippen LogP contribution is -2.29. The van der Waals surface area contributed by atoms with Gasteiger partial charge in [-0.05, 0) is 24.6 Å². The van der Waals surface area contributed by atoms with Gasteiger partial charge >= 0.3 is 6.18 Å². The molecule has 6 nitrogen and oxygen atoms in total. The monoisotopic (exact) mass is 341 g/mol. The molecule has 1 aromatic carbocycles. The summed E-state index contributed by atoms with van der Waals surface area (Å²) >= 11 is 0. The molecule has 9 heteroatoms. The van der Waals surface area contributed by atoms with Crippen molar-refractivity contribution >= 4 is 5.91 Å². The quantitative estimate of drug-likeness (QED) is 0.894. The maximum absolute atomic E-state index is 12.5. The molecule has 0 aliphatic heterocycles. The van der Waals surface area contributed by atoms with Crippen molar-refractivity contribution in [2.45, 2.75) is 19.1 Å². The normalized spacial score (nSPS) is 12.5. The second kappa shape index (κ2) is 6.73. The lowest BCUT2D eigenvalue weighted by atomic mass is 10.1. The minimum atomic E-state index is -4.42. The van der Waals surface area contributed by atoms with Crippen molar-refractivity contribution in [1.29, 1.82) is 0 Å². The van der Waals surface area contributed by atoms with Gasteiger partial charge in [-0.1, -0.05) is 12.1 Å². The number of nitrogens with one attached hydrogen (secondary N) is 2. The molecule has 2 aromatic rings. The highest BCUT2D eigenvalue weighted by molar-refractivity contribution is 5.92. The van der Waals surface area contributed by atoms with E-state index >= 15 is 0 Å². The number of carbonyl (C=O) groups is 1. The fraction of sp³-hybridized carbons (Fsp3) is 0.267. The van der Waals surface area contributed by atoms with Crippen LogP contribution in [-0.2, 0) is 6.18 Å². The Labute approximate surface area is 134 Å². The van der Waals surface area contributed by atoms with Crippen LogP contribution < -0.4 is 15.6 Å². The first-order valence-corrected chi connectivity index (χ1v) is 6.84. The van der Waals surface area contributed by atoms with Crippen LogP contribution >= 0.6 is 0 Å². The van der Waals surface area contributed by atoms with Gasteiger partial charge in [-0.25, -0.2) is 0 Å². The van der Waals surface area contributed by atoms with E-state index < -0.39 is 29.2 Å². The number of carbonyl (C=O) groups excluding carboxylic acids is 1. The van der Waals surface area contributed by atoms with Crippen LogP contribution in [0, 0.1) is 0 Å². The van der Waals surface area contributed by atoms with Crippen molar-refractivity contribution in [2.24, 2.45) is 0 Å². The van der Waals surface area contributed by atoms with E-state index in [-0.39, 0.29) is 11.7 Å². The Balaban J connectivity index is 2.14. The maximum Gasteiger partial charge on any atom is 0.416 e. The van der Waals surface area contributed by atoms with Crippen molar-refractivity contribution in [2.75, 3.05) is 7.11 Å². The highest BCUT2D eigenvalue weighted by Gasteiger charge is 2.30. The van der Waals surface area contributed by atoms with E-state index in [1.807, 2.05) is 0 Å². The first-order valence-electron chi connectivity index (χ1n) is 6.84. The summed E-state index contributed by atoms with van der Waals surface area (Å²) in [5, 5.41) is 2.56. The van der Waals surface area contributed by atoms with Crippen LogP contribution in [0.1, 0.15) is 34.6 Å². The van der Waals surface area contributed by atoms with E-state index in [0.717, 1.165) is 18.2 Å². The number of methoxy groups -OCH3 is 1. The van der Waals surface area contributed by atoms with Gasteiger partial charge in [0.1, 0.15) is 5.69 Å². The number of H-pyrrole nitrogens is 1. The standard InChI is InChI=1S/C15H14F3N3O3/c1-8(9-3-5-10(6-4-9)15(16,17)18)19-13(23)11-7-12(22)21-14(20-11)24-2/h3-8H,1-2H3,(H,19,23)(H,20,21,22)/t8-/m1/s1. The molecular weight excluding hydrogens is 327 g/mol. The second-order valence-corrected chi connectivity index (χ2v) is 4.95. The summed E-state index contributed by atoms with van der Waals surface area (Å²) in [6.07, 6.45) is -4.42. The molecule has 0 fully saturated rings. The largest absolute Gasteiger partial charge is 0.468 e. The van der Waals surface area contributed by atoms with Crippen molar-refractivity contribution in [3.05, 3.63) is 57.5 Å². The molecule has 1 heterocycles. The third-order valence-corrected chi connectivity index (χ3v) is 3.23. The Morgan fingerprint density at radius 1 is 1.29 bits per heavy atom. The van der Waals surface area contributed by atoms with E-state index in [1.165, 1.54) is 19.2 Å². The molecule has 1 atom stereocenters. The summed E-state index contributed by atoms with van der Waals surface area (Å²) in [7, 11) is 1.28. The fourth-order valence-electron chi connectivity index (χ4n) is 1.96. The van der Waals surface area contributed by atoms with Gasteiger partial charge in [-0.2, -0.15) is 18.2 Å². The molecule has 0 aliphatic carbocycles. The highest BCUT2D eigenvalue weighted by atomic mass is 19.4. The summed E-state index contributed by atoms with van der Waals surface area (Å²) in [6.45, 7) is 1.60. The van der Waals surface area contributed by atoms with Gasteiger partial charge in [0, 0.05) is 6.07 Å². The molecule has 0 bridgehead atoms. The zero-order chi connectivity index (χ0) is 17.9. The molecule has 0 radical (unpaired) electrons. The van der Waals surface area contributed by atoms with Crippen LogP contribution in [0.15, 0.2) is 35.1 Å². The van der Waals surface area contributed by atoms with E-state index in [9.17, 15) is 22.8 Å². The predicted octanol–water partition coefficient (Wildman–Crippen LogP) is 2.29. The summed E-state index contributed by atoms with van der Waals surface area (Å²) in [6, 6.07) is 4.73. The van der Waals surface area contributed by atoms with Crippen LogP contribution in [0.5, 0.6) is 6.01 Å². The Kier molecular flexibility index (Phi) is 4.91. The van der Waals surface area contributed by atoms with Crippen LogP contribution in [0.2, 0.25) is 0 Å². The first-order chi connectivity index (χ1) is 11.2. The predicted molar refractivity (Wildman–Crippen MR) is 78.7 cm³/mol. The van der Waals surface area contributed by atoms with Gasteiger partial charge in [0.25, 0.3) is 17.5 Å². The molecule has 2 N–H and O–H groups in total. The highest BCUT2D eigenvalue weighted by Crippen LogP contribution is 2.29. The van der Waals surface area contributed by atoms with Gasteiger partial charge in [-0.15, -0.1) is 0 Å². The average molecular weight is 341 g/mol. The Morgan fingerprint density at radius 3 is 2.46 bits per heavy atom. The number of hydrogen-bond donors (Lipinski definition) is 2. The topological polar surface area (TPSA) is 84.1 Å². The van der Waals surface area contributed by atoms with E-state index in [2.05, 4.69) is 15.3 Å². The number of aromatic amines is 1. The Hall–Kier alpha value is -2.84. The van der Waals surface area contributed by atoms with Crippen LogP contribution in [0.4, 0.5) is 13.2 Å². The molecule has 24 heavy (non-hydrogen) atoms. The number of alkyl halides is 3. The SMILES string of the molecule is COc1nc(C(=O)N[C@H](C)c2ccc(C(F)(F)F)cc2)cc(=O)[nH]1. The maximum atomic E-state index is 12.5. The number of aromatic nitrogens is 2. The Bertz CT molecular complexity index is 785.